The van der Waals surface area contributed by atoms with Crippen molar-refractivity contribution in [3.63, 3.8) is 0 Å². The third-order valence-corrected chi connectivity index (χ3v) is 4.76. The molecule has 4 aromatic rings. The molecule has 0 bridgehead atoms. The van der Waals surface area contributed by atoms with Crippen LogP contribution in [0.4, 0.5) is 5.69 Å². The van der Waals surface area contributed by atoms with E-state index < -0.39 is 0 Å². The molecule has 0 saturated carbocycles. The zero-order valence-corrected chi connectivity index (χ0v) is 15.4. The summed E-state index contributed by atoms with van der Waals surface area (Å²) in [5.41, 5.74) is 4.57. The Kier molecular flexibility index (Phi) is 4.55. The van der Waals surface area contributed by atoms with Gasteiger partial charge in [-0.05, 0) is 48.7 Å². The van der Waals surface area contributed by atoms with E-state index in [9.17, 15) is 4.79 Å². The van der Waals surface area contributed by atoms with Gasteiger partial charge >= 0.3 is 0 Å². The first kappa shape index (κ1) is 17.2. The van der Waals surface area contributed by atoms with Crippen LogP contribution in [0.2, 0.25) is 0 Å². The van der Waals surface area contributed by atoms with Gasteiger partial charge < -0.3 is 14.5 Å². The van der Waals surface area contributed by atoms with Crippen LogP contribution in [-0.2, 0) is 11.2 Å². The minimum atomic E-state index is -0.0149. The van der Waals surface area contributed by atoms with Crippen LogP contribution >= 0.6 is 0 Å². The molecule has 0 unspecified atom stereocenters. The zero-order chi connectivity index (χ0) is 18.8. The van der Waals surface area contributed by atoms with E-state index >= 15 is 0 Å². The Hall–Kier alpha value is -3.27. The summed E-state index contributed by atoms with van der Waals surface area (Å²) in [6.07, 6.45) is 1.10. The summed E-state index contributed by atoms with van der Waals surface area (Å²) in [4.78, 5) is 12.3. The van der Waals surface area contributed by atoms with Crippen molar-refractivity contribution in [2.24, 2.45) is 0 Å². The van der Waals surface area contributed by atoms with Crippen LogP contribution in [0.25, 0.3) is 21.9 Å². The monoisotopic (exact) mass is 359 g/mol. The van der Waals surface area contributed by atoms with Gasteiger partial charge in [0.15, 0.2) is 0 Å². The third-order valence-electron chi connectivity index (χ3n) is 4.76. The average Bonchev–Trinajstić information content (AvgIpc) is 3.04. The van der Waals surface area contributed by atoms with Gasteiger partial charge in [-0.25, -0.2) is 0 Å². The number of carbonyl (C=O) groups excluding carboxylic acids is 1. The number of furan rings is 1. The number of para-hydroxylation sites is 1. The standard InChI is InChI=1S/C23H21NO3/c1-15-13-16(7-11-20(15)26-2)8-12-23(25)24-17-9-10-19-18-5-3-4-6-21(18)27-22(19)14-17/h3-7,9-11,13-14H,8,12H2,1-2H3,(H,24,25). The number of hydrogen-bond donors (Lipinski definition) is 1. The molecular formula is C23H21NO3. The summed E-state index contributed by atoms with van der Waals surface area (Å²) in [7, 11) is 1.66. The van der Waals surface area contributed by atoms with Crippen molar-refractivity contribution >= 4 is 33.5 Å². The van der Waals surface area contributed by atoms with Crippen molar-refractivity contribution in [1.29, 1.82) is 0 Å². The number of rotatable bonds is 5. The van der Waals surface area contributed by atoms with E-state index in [0.717, 1.165) is 44.5 Å². The first-order chi connectivity index (χ1) is 13.1. The molecule has 0 aliphatic carbocycles. The van der Waals surface area contributed by atoms with Crippen molar-refractivity contribution in [2.45, 2.75) is 19.8 Å². The second kappa shape index (κ2) is 7.16. The van der Waals surface area contributed by atoms with Gasteiger partial charge in [0.2, 0.25) is 5.91 Å². The molecule has 1 N–H and O–H groups in total. The van der Waals surface area contributed by atoms with Crippen molar-refractivity contribution < 1.29 is 13.9 Å². The topological polar surface area (TPSA) is 51.5 Å². The maximum Gasteiger partial charge on any atom is 0.224 e. The highest BCUT2D eigenvalue weighted by Gasteiger charge is 2.09. The number of amides is 1. The van der Waals surface area contributed by atoms with Crippen molar-refractivity contribution in [1.82, 2.24) is 0 Å². The number of methoxy groups -OCH3 is 1. The summed E-state index contributed by atoms with van der Waals surface area (Å²) in [6, 6.07) is 19.7. The van der Waals surface area contributed by atoms with Gasteiger partial charge in [-0.1, -0.05) is 30.3 Å². The maximum atomic E-state index is 12.3. The van der Waals surface area contributed by atoms with Crippen LogP contribution in [0.3, 0.4) is 0 Å². The summed E-state index contributed by atoms with van der Waals surface area (Å²) in [5, 5.41) is 5.10. The Morgan fingerprint density at radius 1 is 1.00 bits per heavy atom. The molecule has 1 aromatic heterocycles. The predicted octanol–water partition coefficient (Wildman–Crippen LogP) is 5.47. The lowest BCUT2D eigenvalue weighted by Crippen LogP contribution is -2.12. The molecule has 0 aliphatic rings. The van der Waals surface area contributed by atoms with Crippen LogP contribution in [0.15, 0.2) is 65.1 Å². The fraction of sp³-hybridized carbons (Fsp3) is 0.174. The number of anilines is 1. The first-order valence-corrected chi connectivity index (χ1v) is 8.99. The Morgan fingerprint density at radius 2 is 1.81 bits per heavy atom. The SMILES string of the molecule is COc1ccc(CCC(=O)Nc2ccc3c(c2)oc2ccccc23)cc1C. The summed E-state index contributed by atoms with van der Waals surface area (Å²) in [6.45, 7) is 2.00. The molecular weight excluding hydrogens is 338 g/mol. The van der Waals surface area contributed by atoms with Crippen LogP contribution in [0.1, 0.15) is 17.5 Å². The highest BCUT2D eigenvalue weighted by molar-refractivity contribution is 6.06. The highest BCUT2D eigenvalue weighted by Crippen LogP contribution is 2.30. The molecule has 0 aliphatic heterocycles. The number of benzene rings is 3. The van der Waals surface area contributed by atoms with Gasteiger partial charge in [0.05, 0.1) is 7.11 Å². The maximum absolute atomic E-state index is 12.3. The summed E-state index contributed by atoms with van der Waals surface area (Å²) >= 11 is 0. The minimum Gasteiger partial charge on any atom is -0.496 e. The molecule has 27 heavy (non-hydrogen) atoms. The fourth-order valence-corrected chi connectivity index (χ4v) is 3.38. The van der Waals surface area contributed by atoms with Gasteiger partial charge in [0.1, 0.15) is 16.9 Å². The molecule has 1 heterocycles. The van der Waals surface area contributed by atoms with E-state index in [1.807, 2.05) is 61.5 Å². The van der Waals surface area contributed by atoms with Gasteiger partial charge in [-0.3, -0.25) is 4.79 Å². The van der Waals surface area contributed by atoms with Crippen LogP contribution in [0.5, 0.6) is 5.75 Å². The van der Waals surface area contributed by atoms with E-state index in [1.165, 1.54) is 0 Å². The van der Waals surface area contributed by atoms with E-state index in [4.69, 9.17) is 9.15 Å². The Balaban J connectivity index is 1.44. The lowest BCUT2D eigenvalue weighted by atomic mass is 10.1. The largest absolute Gasteiger partial charge is 0.496 e. The highest BCUT2D eigenvalue weighted by atomic mass is 16.5. The molecule has 0 fully saturated rings. The molecule has 136 valence electrons. The number of hydrogen-bond acceptors (Lipinski definition) is 3. The minimum absolute atomic E-state index is 0.0149. The van der Waals surface area contributed by atoms with Gasteiger partial charge in [0, 0.05) is 28.9 Å². The molecule has 3 aromatic carbocycles. The second-order valence-electron chi connectivity index (χ2n) is 6.66. The van der Waals surface area contributed by atoms with Crippen molar-refractivity contribution in [2.75, 3.05) is 12.4 Å². The Morgan fingerprint density at radius 3 is 2.63 bits per heavy atom. The zero-order valence-electron chi connectivity index (χ0n) is 15.4. The number of nitrogens with one attached hydrogen (secondary N) is 1. The number of fused-ring (bicyclic) bond motifs is 3. The van der Waals surface area contributed by atoms with Gasteiger partial charge in [0.25, 0.3) is 0 Å². The van der Waals surface area contributed by atoms with E-state index in [2.05, 4.69) is 11.4 Å². The third kappa shape index (κ3) is 3.51. The smallest absolute Gasteiger partial charge is 0.224 e. The molecule has 4 nitrogen and oxygen atoms in total. The van der Waals surface area contributed by atoms with Gasteiger partial charge in [-0.15, -0.1) is 0 Å². The molecule has 0 radical (unpaired) electrons. The molecule has 1 amide bonds. The lowest BCUT2D eigenvalue weighted by molar-refractivity contribution is -0.116. The number of aryl methyl sites for hydroxylation is 2. The quantitative estimate of drug-likeness (QED) is 0.514. The molecule has 4 rings (SSSR count). The Labute approximate surface area is 157 Å². The van der Waals surface area contributed by atoms with Gasteiger partial charge in [-0.2, -0.15) is 0 Å². The fourth-order valence-electron chi connectivity index (χ4n) is 3.38. The van der Waals surface area contributed by atoms with Crippen LogP contribution in [0, 0.1) is 6.92 Å². The number of ether oxygens (including phenoxy) is 1. The number of carbonyl (C=O) groups is 1. The summed E-state index contributed by atoms with van der Waals surface area (Å²) < 4.78 is 11.1. The molecule has 4 heteroatoms. The van der Waals surface area contributed by atoms with Crippen LogP contribution < -0.4 is 10.1 Å². The van der Waals surface area contributed by atoms with Crippen molar-refractivity contribution in [3.05, 3.63) is 71.8 Å². The second-order valence-corrected chi connectivity index (χ2v) is 6.66. The van der Waals surface area contributed by atoms with Crippen molar-refractivity contribution in [3.8, 4) is 5.75 Å². The normalized spacial score (nSPS) is 11.0. The molecule has 0 spiro atoms. The van der Waals surface area contributed by atoms with E-state index in [0.29, 0.717) is 12.8 Å². The molecule has 0 saturated heterocycles. The van der Waals surface area contributed by atoms with E-state index in [-0.39, 0.29) is 5.91 Å². The summed E-state index contributed by atoms with van der Waals surface area (Å²) in [5.74, 6) is 0.848. The Bertz CT molecular complexity index is 1130. The predicted molar refractivity (Wildman–Crippen MR) is 108 cm³/mol. The van der Waals surface area contributed by atoms with E-state index in [1.54, 1.807) is 7.11 Å². The average molecular weight is 359 g/mol. The lowest BCUT2D eigenvalue weighted by Gasteiger charge is -2.08. The first-order valence-electron chi connectivity index (χ1n) is 8.99. The van der Waals surface area contributed by atoms with Crippen LogP contribution in [-0.4, -0.2) is 13.0 Å². The molecule has 0 atom stereocenters.